The lowest BCUT2D eigenvalue weighted by Crippen LogP contribution is -1.90. The maximum absolute atomic E-state index is 5.62. The van der Waals surface area contributed by atoms with Crippen molar-refractivity contribution in [2.45, 2.75) is 0 Å². The Balaban J connectivity index is 2.22. The van der Waals surface area contributed by atoms with Gasteiger partial charge in [-0.3, -0.25) is 0 Å². The normalized spacial score (nSPS) is 9.93. The van der Waals surface area contributed by atoms with Crippen molar-refractivity contribution in [1.82, 2.24) is 4.98 Å². The van der Waals surface area contributed by atoms with Crippen molar-refractivity contribution in [2.24, 2.45) is 0 Å². The van der Waals surface area contributed by atoms with Gasteiger partial charge in [-0.2, -0.15) is 0 Å². The van der Waals surface area contributed by atoms with E-state index in [9.17, 15) is 0 Å². The Bertz CT molecular complexity index is 430. The van der Waals surface area contributed by atoms with Gasteiger partial charge < -0.3 is 10.5 Å². The van der Waals surface area contributed by atoms with Gasteiger partial charge >= 0.3 is 0 Å². The van der Waals surface area contributed by atoms with Gasteiger partial charge in [0.2, 0.25) is 5.88 Å². The quantitative estimate of drug-likeness (QED) is 0.867. The highest BCUT2D eigenvalue weighted by Gasteiger charge is 1.99. The van der Waals surface area contributed by atoms with Gasteiger partial charge in [-0.1, -0.05) is 6.07 Å². The summed E-state index contributed by atoms with van der Waals surface area (Å²) in [6, 6.07) is 11.2. The number of nitrogens with zero attached hydrogens (tertiary/aromatic N) is 1. The molecule has 1 aromatic carbocycles. The number of nitrogens with two attached hydrogens (primary N) is 1. The standard InChI is InChI=1S/C11H9IN2O/c12-8-2-1-3-10(6-8)15-11-7-9(13)4-5-14-11/h1-7H,(H2,13,14). The summed E-state index contributed by atoms with van der Waals surface area (Å²) in [5.74, 6) is 1.28. The SMILES string of the molecule is Nc1ccnc(Oc2cccc(I)c2)c1. The molecule has 0 aliphatic rings. The van der Waals surface area contributed by atoms with Crippen LogP contribution < -0.4 is 10.5 Å². The van der Waals surface area contributed by atoms with Gasteiger partial charge in [-0.25, -0.2) is 4.98 Å². The summed E-state index contributed by atoms with van der Waals surface area (Å²) in [7, 11) is 0. The van der Waals surface area contributed by atoms with Crippen molar-refractivity contribution in [2.75, 3.05) is 5.73 Å². The fourth-order valence-electron chi connectivity index (χ4n) is 1.13. The zero-order chi connectivity index (χ0) is 10.7. The average molecular weight is 312 g/mol. The summed E-state index contributed by atoms with van der Waals surface area (Å²) in [5, 5.41) is 0. The molecule has 1 heterocycles. The summed E-state index contributed by atoms with van der Waals surface area (Å²) >= 11 is 2.23. The molecule has 4 heteroatoms. The predicted octanol–water partition coefficient (Wildman–Crippen LogP) is 3.06. The van der Waals surface area contributed by atoms with Crippen molar-refractivity contribution in [3.05, 3.63) is 46.2 Å². The van der Waals surface area contributed by atoms with Crippen molar-refractivity contribution >= 4 is 28.3 Å². The fraction of sp³-hybridized carbons (Fsp3) is 0. The first-order chi connectivity index (χ1) is 7.24. The molecule has 0 saturated carbocycles. The molecule has 0 bridgehead atoms. The number of aromatic nitrogens is 1. The lowest BCUT2D eigenvalue weighted by molar-refractivity contribution is 0.463. The Morgan fingerprint density at radius 1 is 1.20 bits per heavy atom. The van der Waals surface area contributed by atoms with E-state index in [0.717, 1.165) is 9.32 Å². The number of halogens is 1. The Hall–Kier alpha value is -1.30. The van der Waals surface area contributed by atoms with Crippen LogP contribution in [0.2, 0.25) is 0 Å². The molecule has 15 heavy (non-hydrogen) atoms. The second kappa shape index (κ2) is 4.48. The van der Waals surface area contributed by atoms with Gasteiger partial charge in [0.05, 0.1) is 0 Å². The Labute approximate surface area is 101 Å². The second-order valence-electron chi connectivity index (χ2n) is 2.99. The summed E-state index contributed by atoms with van der Waals surface area (Å²) in [6.07, 6.45) is 1.62. The number of ether oxygens (including phenoxy) is 1. The Kier molecular flexibility index (Phi) is 3.05. The number of hydrogen-bond donors (Lipinski definition) is 1. The van der Waals surface area contributed by atoms with E-state index in [-0.39, 0.29) is 0 Å². The molecule has 1 aromatic heterocycles. The molecule has 0 unspecified atom stereocenters. The summed E-state index contributed by atoms with van der Waals surface area (Å²) in [6.45, 7) is 0. The third-order valence-electron chi connectivity index (χ3n) is 1.78. The van der Waals surface area contributed by atoms with Gasteiger partial charge in [-0.05, 0) is 46.9 Å². The molecule has 0 aliphatic carbocycles. The molecular formula is C11H9IN2O. The summed E-state index contributed by atoms with van der Waals surface area (Å²) < 4.78 is 6.66. The fourth-order valence-corrected chi connectivity index (χ4v) is 1.65. The van der Waals surface area contributed by atoms with Gasteiger partial charge in [0, 0.05) is 21.5 Å². The first-order valence-corrected chi connectivity index (χ1v) is 5.47. The first kappa shape index (κ1) is 10.2. The van der Waals surface area contributed by atoms with Gasteiger partial charge in [-0.15, -0.1) is 0 Å². The van der Waals surface area contributed by atoms with E-state index in [4.69, 9.17) is 10.5 Å². The average Bonchev–Trinajstić information content (AvgIpc) is 2.17. The highest BCUT2D eigenvalue weighted by atomic mass is 127. The highest BCUT2D eigenvalue weighted by Crippen LogP contribution is 2.22. The number of anilines is 1. The molecule has 2 rings (SSSR count). The second-order valence-corrected chi connectivity index (χ2v) is 4.23. The molecule has 2 aromatic rings. The van der Waals surface area contributed by atoms with Crippen LogP contribution >= 0.6 is 22.6 Å². The topological polar surface area (TPSA) is 48.1 Å². The van der Waals surface area contributed by atoms with E-state index in [1.807, 2.05) is 24.3 Å². The van der Waals surface area contributed by atoms with Crippen LogP contribution in [0.5, 0.6) is 11.6 Å². The molecule has 0 spiro atoms. The van der Waals surface area contributed by atoms with E-state index in [0.29, 0.717) is 11.6 Å². The lowest BCUT2D eigenvalue weighted by atomic mass is 10.3. The zero-order valence-corrected chi connectivity index (χ0v) is 10.0. The molecule has 2 N–H and O–H groups in total. The molecule has 76 valence electrons. The molecule has 3 nitrogen and oxygen atoms in total. The van der Waals surface area contributed by atoms with Crippen LogP contribution in [0.4, 0.5) is 5.69 Å². The van der Waals surface area contributed by atoms with Crippen molar-refractivity contribution < 1.29 is 4.74 Å². The van der Waals surface area contributed by atoms with Crippen LogP contribution in [0.25, 0.3) is 0 Å². The molecule has 0 fully saturated rings. The third kappa shape index (κ3) is 2.82. The highest BCUT2D eigenvalue weighted by molar-refractivity contribution is 14.1. The number of pyridine rings is 1. The van der Waals surface area contributed by atoms with Crippen LogP contribution in [0.3, 0.4) is 0 Å². The van der Waals surface area contributed by atoms with Crippen LogP contribution in [0.1, 0.15) is 0 Å². The minimum absolute atomic E-state index is 0.511. The maximum Gasteiger partial charge on any atom is 0.221 e. The van der Waals surface area contributed by atoms with Gasteiger partial charge in [0.25, 0.3) is 0 Å². The monoisotopic (exact) mass is 312 g/mol. The molecule has 0 saturated heterocycles. The summed E-state index contributed by atoms with van der Waals surface area (Å²) in [4.78, 5) is 4.06. The number of hydrogen-bond acceptors (Lipinski definition) is 3. The van der Waals surface area contributed by atoms with E-state index in [1.54, 1.807) is 18.3 Å². The Morgan fingerprint density at radius 2 is 2.07 bits per heavy atom. The minimum Gasteiger partial charge on any atom is -0.439 e. The number of nitrogen functional groups attached to an aromatic ring is 1. The van der Waals surface area contributed by atoms with E-state index in [1.165, 1.54) is 0 Å². The van der Waals surface area contributed by atoms with Crippen molar-refractivity contribution in [3.8, 4) is 11.6 Å². The minimum atomic E-state index is 0.511. The maximum atomic E-state index is 5.62. The molecule has 0 aliphatic heterocycles. The zero-order valence-electron chi connectivity index (χ0n) is 7.85. The van der Waals surface area contributed by atoms with E-state index < -0.39 is 0 Å². The van der Waals surface area contributed by atoms with Gasteiger partial charge in [0.1, 0.15) is 5.75 Å². The van der Waals surface area contributed by atoms with Crippen LogP contribution in [-0.2, 0) is 0 Å². The lowest BCUT2D eigenvalue weighted by Gasteiger charge is -2.04. The summed E-state index contributed by atoms with van der Waals surface area (Å²) in [5.41, 5.74) is 6.26. The molecule has 0 atom stereocenters. The van der Waals surface area contributed by atoms with Gasteiger partial charge in [0.15, 0.2) is 0 Å². The predicted molar refractivity (Wildman–Crippen MR) is 67.9 cm³/mol. The smallest absolute Gasteiger partial charge is 0.221 e. The van der Waals surface area contributed by atoms with Crippen LogP contribution in [-0.4, -0.2) is 4.98 Å². The van der Waals surface area contributed by atoms with Crippen molar-refractivity contribution in [3.63, 3.8) is 0 Å². The van der Waals surface area contributed by atoms with Crippen molar-refractivity contribution in [1.29, 1.82) is 0 Å². The molecular weight excluding hydrogens is 303 g/mol. The molecule has 0 amide bonds. The largest absolute Gasteiger partial charge is 0.439 e. The first-order valence-electron chi connectivity index (χ1n) is 4.39. The van der Waals surface area contributed by atoms with Crippen LogP contribution in [0.15, 0.2) is 42.6 Å². The number of benzene rings is 1. The number of rotatable bonds is 2. The Morgan fingerprint density at radius 3 is 2.80 bits per heavy atom. The van der Waals surface area contributed by atoms with E-state index in [2.05, 4.69) is 27.6 Å². The van der Waals surface area contributed by atoms with Crippen LogP contribution in [0, 0.1) is 3.57 Å². The third-order valence-corrected chi connectivity index (χ3v) is 2.45. The van der Waals surface area contributed by atoms with E-state index >= 15 is 0 Å². The molecule has 0 radical (unpaired) electrons.